The molecule has 1 unspecified atom stereocenters. The summed E-state index contributed by atoms with van der Waals surface area (Å²) < 4.78 is 11.3. The molecule has 0 spiro atoms. The van der Waals surface area contributed by atoms with E-state index in [0.717, 1.165) is 43.1 Å². The fraction of sp³-hybridized carbons (Fsp3) is 0.500. The number of hydrogen-bond acceptors (Lipinski definition) is 8. The van der Waals surface area contributed by atoms with Gasteiger partial charge in [-0.2, -0.15) is 9.97 Å². The van der Waals surface area contributed by atoms with Crippen LogP contribution in [0.3, 0.4) is 0 Å². The summed E-state index contributed by atoms with van der Waals surface area (Å²) in [5.41, 5.74) is 1.98. The number of fused-ring (bicyclic) bond motifs is 1. The van der Waals surface area contributed by atoms with E-state index in [4.69, 9.17) is 14.5 Å². The number of ether oxygens (including phenoxy) is 2. The largest absolute Gasteiger partial charge is 0.475 e. The first-order valence-corrected chi connectivity index (χ1v) is 8.94. The minimum absolute atomic E-state index is 0.207. The number of hydrogen-bond donors (Lipinski definition) is 1. The maximum Gasteiger partial charge on any atom is 0.230 e. The first-order chi connectivity index (χ1) is 12.7. The first-order valence-electron chi connectivity index (χ1n) is 8.94. The number of pyridine rings is 1. The SMILES string of the molecule is CC(O)COc1nc(N2CCOCC2)nc2c1CCN2c1cccnc1. The summed E-state index contributed by atoms with van der Waals surface area (Å²) in [6, 6.07) is 3.94. The minimum Gasteiger partial charge on any atom is -0.475 e. The lowest BCUT2D eigenvalue weighted by Crippen LogP contribution is -2.37. The summed E-state index contributed by atoms with van der Waals surface area (Å²) in [4.78, 5) is 18.0. The maximum absolute atomic E-state index is 9.60. The Morgan fingerprint density at radius 3 is 2.85 bits per heavy atom. The van der Waals surface area contributed by atoms with E-state index in [-0.39, 0.29) is 6.61 Å². The van der Waals surface area contributed by atoms with Crippen molar-refractivity contribution in [3.8, 4) is 5.88 Å². The summed E-state index contributed by atoms with van der Waals surface area (Å²) in [6.07, 6.45) is 3.84. The molecule has 4 heterocycles. The zero-order valence-corrected chi connectivity index (χ0v) is 14.8. The molecule has 8 nitrogen and oxygen atoms in total. The van der Waals surface area contributed by atoms with Crippen molar-refractivity contribution in [2.24, 2.45) is 0 Å². The topological polar surface area (TPSA) is 83.8 Å². The molecule has 138 valence electrons. The van der Waals surface area contributed by atoms with Gasteiger partial charge in [-0.05, 0) is 25.5 Å². The average Bonchev–Trinajstić information content (AvgIpc) is 3.11. The third-order valence-corrected chi connectivity index (χ3v) is 4.49. The number of morpholine rings is 1. The van der Waals surface area contributed by atoms with Crippen LogP contribution in [0.1, 0.15) is 12.5 Å². The van der Waals surface area contributed by atoms with E-state index in [1.165, 1.54) is 0 Å². The lowest BCUT2D eigenvalue weighted by atomic mass is 10.2. The molecule has 2 aliphatic rings. The Morgan fingerprint density at radius 1 is 1.27 bits per heavy atom. The van der Waals surface area contributed by atoms with Crippen LogP contribution in [0.25, 0.3) is 0 Å². The molecule has 8 heteroatoms. The van der Waals surface area contributed by atoms with Crippen molar-refractivity contribution in [1.29, 1.82) is 0 Å². The Morgan fingerprint density at radius 2 is 2.12 bits per heavy atom. The van der Waals surface area contributed by atoms with Gasteiger partial charge >= 0.3 is 0 Å². The molecule has 0 amide bonds. The summed E-state index contributed by atoms with van der Waals surface area (Å²) in [5, 5.41) is 9.60. The molecule has 0 saturated carbocycles. The van der Waals surface area contributed by atoms with Crippen LogP contribution in [0.2, 0.25) is 0 Å². The quantitative estimate of drug-likeness (QED) is 0.854. The molecule has 26 heavy (non-hydrogen) atoms. The van der Waals surface area contributed by atoms with Gasteiger partial charge in [0.2, 0.25) is 11.8 Å². The lowest BCUT2D eigenvalue weighted by molar-refractivity contribution is 0.118. The molecule has 1 saturated heterocycles. The van der Waals surface area contributed by atoms with Gasteiger partial charge in [0, 0.05) is 25.8 Å². The number of aromatic nitrogens is 3. The van der Waals surface area contributed by atoms with Crippen LogP contribution in [0.5, 0.6) is 5.88 Å². The molecular formula is C18H23N5O3. The highest BCUT2D eigenvalue weighted by atomic mass is 16.5. The normalized spacial score (nSPS) is 17.9. The van der Waals surface area contributed by atoms with Gasteiger partial charge in [-0.1, -0.05) is 0 Å². The number of anilines is 3. The van der Waals surface area contributed by atoms with Crippen LogP contribution in [0.4, 0.5) is 17.5 Å². The fourth-order valence-corrected chi connectivity index (χ4v) is 3.20. The number of aliphatic hydroxyl groups excluding tert-OH is 1. The zero-order chi connectivity index (χ0) is 17.9. The van der Waals surface area contributed by atoms with E-state index in [1.807, 2.05) is 18.3 Å². The van der Waals surface area contributed by atoms with Crippen molar-refractivity contribution < 1.29 is 14.6 Å². The highest BCUT2D eigenvalue weighted by Crippen LogP contribution is 2.38. The summed E-state index contributed by atoms with van der Waals surface area (Å²) in [6.45, 7) is 5.54. The fourth-order valence-electron chi connectivity index (χ4n) is 3.20. The Balaban J connectivity index is 1.72. The second kappa shape index (κ2) is 7.43. The van der Waals surface area contributed by atoms with Crippen molar-refractivity contribution in [3.05, 3.63) is 30.1 Å². The molecule has 2 aliphatic heterocycles. The van der Waals surface area contributed by atoms with Crippen molar-refractivity contribution in [2.45, 2.75) is 19.4 Å². The molecule has 4 rings (SSSR count). The van der Waals surface area contributed by atoms with E-state index in [9.17, 15) is 5.11 Å². The van der Waals surface area contributed by atoms with Crippen molar-refractivity contribution in [1.82, 2.24) is 15.0 Å². The highest BCUT2D eigenvalue weighted by Gasteiger charge is 2.29. The standard InChI is InChI=1S/C18H23N5O3/c1-13(24)12-26-17-15-4-6-23(14-3-2-5-19-11-14)16(15)20-18(21-17)22-7-9-25-10-8-22/h2-3,5,11,13,24H,4,6-10,12H2,1H3. The monoisotopic (exact) mass is 357 g/mol. The lowest BCUT2D eigenvalue weighted by Gasteiger charge is -2.28. The van der Waals surface area contributed by atoms with Gasteiger partial charge in [0.15, 0.2) is 0 Å². The molecule has 0 radical (unpaired) electrons. The predicted molar refractivity (Wildman–Crippen MR) is 97.2 cm³/mol. The van der Waals surface area contributed by atoms with Crippen LogP contribution < -0.4 is 14.5 Å². The van der Waals surface area contributed by atoms with E-state index in [0.29, 0.717) is 25.0 Å². The molecule has 0 aliphatic carbocycles. The van der Waals surface area contributed by atoms with Gasteiger partial charge in [-0.25, -0.2) is 0 Å². The molecule has 1 atom stereocenters. The number of rotatable bonds is 5. The van der Waals surface area contributed by atoms with Crippen LogP contribution in [0.15, 0.2) is 24.5 Å². The molecule has 1 N–H and O–H groups in total. The molecule has 0 bridgehead atoms. The second-order valence-corrected chi connectivity index (χ2v) is 6.50. The summed E-state index contributed by atoms with van der Waals surface area (Å²) in [5.74, 6) is 2.06. The molecular weight excluding hydrogens is 334 g/mol. The van der Waals surface area contributed by atoms with Gasteiger partial charge in [-0.15, -0.1) is 0 Å². The minimum atomic E-state index is -0.553. The predicted octanol–water partition coefficient (Wildman–Crippen LogP) is 1.16. The van der Waals surface area contributed by atoms with Crippen LogP contribution >= 0.6 is 0 Å². The molecule has 2 aromatic heterocycles. The van der Waals surface area contributed by atoms with Gasteiger partial charge in [0.05, 0.1) is 36.8 Å². The van der Waals surface area contributed by atoms with E-state index >= 15 is 0 Å². The third-order valence-electron chi connectivity index (χ3n) is 4.49. The Bertz CT molecular complexity index is 750. The summed E-state index contributed by atoms with van der Waals surface area (Å²) in [7, 11) is 0. The number of nitrogens with zero attached hydrogens (tertiary/aromatic N) is 5. The molecule has 2 aromatic rings. The average molecular weight is 357 g/mol. The van der Waals surface area contributed by atoms with Crippen LogP contribution in [-0.2, 0) is 11.2 Å². The first kappa shape index (κ1) is 17.0. The van der Waals surface area contributed by atoms with Crippen LogP contribution in [-0.4, -0.2) is 65.6 Å². The van der Waals surface area contributed by atoms with Gasteiger partial charge in [0.25, 0.3) is 0 Å². The van der Waals surface area contributed by atoms with Crippen molar-refractivity contribution in [3.63, 3.8) is 0 Å². The van der Waals surface area contributed by atoms with Crippen LogP contribution in [0, 0.1) is 0 Å². The van der Waals surface area contributed by atoms with E-state index in [2.05, 4.69) is 19.8 Å². The Hall–Kier alpha value is -2.45. The third kappa shape index (κ3) is 3.42. The molecule has 0 aromatic carbocycles. The van der Waals surface area contributed by atoms with E-state index in [1.54, 1.807) is 13.1 Å². The second-order valence-electron chi connectivity index (χ2n) is 6.50. The van der Waals surface area contributed by atoms with Crippen molar-refractivity contribution in [2.75, 3.05) is 49.3 Å². The van der Waals surface area contributed by atoms with E-state index < -0.39 is 6.10 Å². The molecule has 1 fully saturated rings. The highest BCUT2D eigenvalue weighted by molar-refractivity contribution is 5.69. The van der Waals surface area contributed by atoms with Gasteiger partial charge in [-0.3, -0.25) is 4.98 Å². The van der Waals surface area contributed by atoms with Crippen molar-refractivity contribution >= 4 is 17.5 Å². The smallest absolute Gasteiger partial charge is 0.230 e. The maximum atomic E-state index is 9.60. The Kier molecular flexibility index (Phi) is 4.85. The van der Waals surface area contributed by atoms with Gasteiger partial charge in [0.1, 0.15) is 12.4 Å². The van der Waals surface area contributed by atoms with Gasteiger partial charge < -0.3 is 24.4 Å². The zero-order valence-electron chi connectivity index (χ0n) is 14.8. The summed E-state index contributed by atoms with van der Waals surface area (Å²) >= 11 is 0. The number of aliphatic hydroxyl groups is 1. The Labute approximate surface area is 152 Å².